The number of anilines is 1. The SMILES string of the molecule is CC(C)Oc1ccnc(NC2CCN(CC(N)=O)CC2)n1. The fourth-order valence-electron chi connectivity index (χ4n) is 2.36. The lowest BCUT2D eigenvalue weighted by molar-refractivity contribution is -0.119. The van der Waals surface area contributed by atoms with E-state index >= 15 is 0 Å². The molecule has 1 amide bonds. The minimum Gasteiger partial charge on any atom is -0.475 e. The smallest absolute Gasteiger partial charge is 0.231 e. The standard InChI is InChI=1S/C14H23N5O2/c1-10(2)21-13-3-6-16-14(18-13)17-11-4-7-19(8-5-11)9-12(15)20/h3,6,10-11H,4-5,7-9H2,1-2H3,(H2,15,20)(H,16,17,18). The minimum atomic E-state index is -0.275. The molecule has 2 rings (SSSR count). The third kappa shape index (κ3) is 5.18. The molecule has 1 aliphatic rings. The summed E-state index contributed by atoms with van der Waals surface area (Å²) >= 11 is 0. The van der Waals surface area contributed by atoms with E-state index in [4.69, 9.17) is 10.5 Å². The van der Waals surface area contributed by atoms with Gasteiger partial charge in [-0.15, -0.1) is 0 Å². The van der Waals surface area contributed by atoms with Crippen LogP contribution in [0.15, 0.2) is 12.3 Å². The normalized spacial score (nSPS) is 16.9. The molecule has 0 aliphatic carbocycles. The van der Waals surface area contributed by atoms with E-state index in [9.17, 15) is 4.79 Å². The molecule has 2 heterocycles. The zero-order chi connectivity index (χ0) is 15.2. The van der Waals surface area contributed by atoms with Crippen molar-refractivity contribution >= 4 is 11.9 Å². The second kappa shape index (κ2) is 7.21. The van der Waals surface area contributed by atoms with Gasteiger partial charge in [0, 0.05) is 31.4 Å². The first kappa shape index (κ1) is 15.5. The van der Waals surface area contributed by atoms with Crippen molar-refractivity contribution < 1.29 is 9.53 Å². The van der Waals surface area contributed by atoms with Crippen LogP contribution in [0.3, 0.4) is 0 Å². The Morgan fingerprint density at radius 1 is 1.52 bits per heavy atom. The fourth-order valence-corrected chi connectivity index (χ4v) is 2.36. The van der Waals surface area contributed by atoms with Crippen LogP contribution in [0.25, 0.3) is 0 Å². The van der Waals surface area contributed by atoms with Crippen LogP contribution in [0.4, 0.5) is 5.95 Å². The summed E-state index contributed by atoms with van der Waals surface area (Å²) in [6.45, 7) is 5.96. The molecular formula is C14H23N5O2. The number of aromatic nitrogens is 2. The predicted molar refractivity (Wildman–Crippen MR) is 80.1 cm³/mol. The molecule has 1 fully saturated rings. The lowest BCUT2D eigenvalue weighted by Crippen LogP contribution is -2.43. The van der Waals surface area contributed by atoms with E-state index in [-0.39, 0.29) is 12.0 Å². The van der Waals surface area contributed by atoms with Crippen LogP contribution in [-0.2, 0) is 4.79 Å². The number of primary amides is 1. The number of rotatable bonds is 6. The lowest BCUT2D eigenvalue weighted by Gasteiger charge is -2.31. The van der Waals surface area contributed by atoms with Crippen LogP contribution in [0.5, 0.6) is 5.88 Å². The Hall–Kier alpha value is -1.89. The second-order valence-corrected chi connectivity index (χ2v) is 5.55. The topological polar surface area (TPSA) is 93.4 Å². The first-order valence-corrected chi connectivity index (χ1v) is 7.30. The molecule has 1 aliphatic heterocycles. The van der Waals surface area contributed by atoms with Crippen LogP contribution in [0.2, 0.25) is 0 Å². The van der Waals surface area contributed by atoms with E-state index in [1.807, 2.05) is 13.8 Å². The summed E-state index contributed by atoms with van der Waals surface area (Å²) in [5.41, 5.74) is 5.21. The van der Waals surface area contributed by atoms with Gasteiger partial charge in [0.1, 0.15) is 0 Å². The number of likely N-dealkylation sites (tertiary alicyclic amines) is 1. The molecule has 0 radical (unpaired) electrons. The van der Waals surface area contributed by atoms with Gasteiger partial charge in [-0.1, -0.05) is 0 Å². The number of hydrogen-bond donors (Lipinski definition) is 2. The van der Waals surface area contributed by atoms with Gasteiger partial charge in [-0.2, -0.15) is 4.98 Å². The van der Waals surface area contributed by atoms with Crippen LogP contribution >= 0.6 is 0 Å². The Morgan fingerprint density at radius 2 is 2.24 bits per heavy atom. The van der Waals surface area contributed by atoms with E-state index in [2.05, 4.69) is 20.2 Å². The molecule has 7 nitrogen and oxygen atoms in total. The maximum Gasteiger partial charge on any atom is 0.231 e. The number of nitrogens with one attached hydrogen (secondary N) is 1. The van der Waals surface area contributed by atoms with Gasteiger partial charge in [0.05, 0.1) is 12.6 Å². The number of amides is 1. The number of hydrogen-bond acceptors (Lipinski definition) is 6. The molecule has 0 saturated carbocycles. The average molecular weight is 293 g/mol. The zero-order valence-corrected chi connectivity index (χ0v) is 12.6. The molecule has 116 valence electrons. The highest BCUT2D eigenvalue weighted by atomic mass is 16.5. The monoisotopic (exact) mass is 293 g/mol. The van der Waals surface area contributed by atoms with E-state index in [1.165, 1.54) is 0 Å². The first-order valence-electron chi connectivity index (χ1n) is 7.30. The van der Waals surface area contributed by atoms with Gasteiger partial charge in [-0.05, 0) is 26.7 Å². The largest absolute Gasteiger partial charge is 0.475 e. The third-order valence-electron chi connectivity index (χ3n) is 3.29. The maximum atomic E-state index is 10.9. The van der Waals surface area contributed by atoms with Crippen molar-refractivity contribution in [1.82, 2.24) is 14.9 Å². The van der Waals surface area contributed by atoms with Crippen molar-refractivity contribution in [2.24, 2.45) is 5.73 Å². The van der Waals surface area contributed by atoms with Crippen molar-refractivity contribution in [3.8, 4) is 5.88 Å². The van der Waals surface area contributed by atoms with Gasteiger partial charge in [0.2, 0.25) is 17.7 Å². The van der Waals surface area contributed by atoms with Crippen molar-refractivity contribution in [1.29, 1.82) is 0 Å². The molecule has 21 heavy (non-hydrogen) atoms. The second-order valence-electron chi connectivity index (χ2n) is 5.55. The quantitative estimate of drug-likeness (QED) is 0.799. The minimum absolute atomic E-state index is 0.0878. The summed E-state index contributed by atoms with van der Waals surface area (Å²) < 4.78 is 5.55. The van der Waals surface area contributed by atoms with Gasteiger partial charge in [-0.3, -0.25) is 9.69 Å². The van der Waals surface area contributed by atoms with E-state index in [1.54, 1.807) is 12.3 Å². The molecule has 3 N–H and O–H groups in total. The molecule has 0 aromatic carbocycles. The average Bonchev–Trinajstić information content (AvgIpc) is 2.40. The Kier molecular flexibility index (Phi) is 5.32. The van der Waals surface area contributed by atoms with Gasteiger partial charge in [0.15, 0.2) is 0 Å². The number of piperidine rings is 1. The van der Waals surface area contributed by atoms with Crippen LogP contribution < -0.4 is 15.8 Å². The Morgan fingerprint density at radius 3 is 2.86 bits per heavy atom. The number of ether oxygens (including phenoxy) is 1. The van der Waals surface area contributed by atoms with Crippen LogP contribution in [0, 0.1) is 0 Å². The van der Waals surface area contributed by atoms with Gasteiger partial charge >= 0.3 is 0 Å². The molecule has 1 aromatic rings. The van der Waals surface area contributed by atoms with Crippen molar-refractivity contribution in [3.63, 3.8) is 0 Å². The number of carbonyl (C=O) groups excluding carboxylic acids is 1. The zero-order valence-electron chi connectivity index (χ0n) is 12.6. The van der Waals surface area contributed by atoms with E-state index in [0.717, 1.165) is 25.9 Å². The number of nitrogens with zero attached hydrogens (tertiary/aromatic N) is 3. The molecule has 0 spiro atoms. The maximum absolute atomic E-state index is 10.9. The van der Waals surface area contributed by atoms with Crippen molar-refractivity contribution in [2.45, 2.75) is 38.8 Å². The van der Waals surface area contributed by atoms with Crippen molar-refractivity contribution in [2.75, 3.05) is 25.0 Å². The molecule has 0 atom stereocenters. The fraction of sp³-hybridized carbons (Fsp3) is 0.643. The highest BCUT2D eigenvalue weighted by Gasteiger charge is 2.20. The Balaban J connectivity index is 1.84. The molecule has 0 unspecified atom stereocenters. The lowest BCUT2D eigenvalue weighted by atomic mass is 10.1. The van der Waals surface area contributed by atoms with Crippen LogP contribution in [0.1, 0.15) is 26.7 Å². The highest BCUT2D eigenvalue weighted by Crippen LogP contribution is 2.16. The molecular weight excluding hydrogens is 270 g/mol. The first-order chi connectivity index (χ1) is 10.0. The van der Waals surface area contributed by atoms with E-state index < -0.39 is 0 Å². The van der Waals surface area contributed by atoms with E-state index in [0.29, 0.717) is 24.4 Å². The molecule has 0 bridgehead atoms. The predicted octanol–water partition coefficient (Wildman–Crippen LogP) is 0.625. The molecule has 1 saturated heterocycles. The summed E-state index contributed by atoms with van der Waals surface area (Å²) in [6, 6.07) is 2.06. The highest BCUT2D eigenvalue weighted by molar-refractivity contribution is 5.75. The summed E-state index contributed by atoms with van der Waals surface area (Å²) in [5, 5.41) is 3.32. The molecule has 1 aromatic heterocycles. The molecule has 7 heteroatoms. The summed E-state index contributed by atoms with van der Waals surface area (Å²) in [7, 11) is 0. The third-order valence-corrected chi connectivity index (χ3v) is 3.29. The van der Waals surface area contributed by atoms with Gasteiger partial charge in [-0.25, -0.2) is 4.98 Å². The van der Waals surface area contributed by atoms with Crippen LogP contribution in [-0.4, -0.2) is 52.6 Å². The summed E-state index contributed by atoms with van der Waals surface area (Å²) in [6.07, 6.45) is 3.65. The summed E-state index contributed by atoms with van der Waals surface area (Å²) in [4.78, 5) is 21.5. The number of nitrogens with two attached hydrogens (primary N) is 1. The Labute approximate surface area is 124 Å². The van der Waals surface area contributed by atoms with Gasteiger partial charge < -0.3 is 15.8 Å². The summed E-state index contributed by atoms with van der Waals surface area (Å²) in [5.74, 6) is 0.887. The van der Waals surface area contributed by atoms with Crippen molar-refractivity contribution in [3.05, 3.63) is 12.3 Å². The number of carbonyl (C=O) groups is 1. The Bertz CT molecular complexity index is 472. The van der Waals surface area contributed by atoms with Gasteiger partial charge in [0.25, 0.3) is 0 Å².